The first-order chi connectivity index (χ1) is 7.82. The Morgan fingerprint density at radius 1 is 1.35 bits per heavy atom. The van der Waals surface area contributed by atoms with Gasteiger partial charge >= 0.3 is 0 Å². The van der Waals surface area contributed by atoms with Gasteiger partial charge < -0.3 is 4.74 Å². The van der Waals surface area contributed by atoms with Gasteiger partial charge in [-0.15, -0.1) is 0 Å². The van der Waals surface area contributed by atoms with Crippen LogP contribution in [0.2, 0.25) is 0 Å². The van der Waals surface area contributed by atoms with Gasteiger partial charge in [-0.1, -0.05) is 0 Å². The lowest BCUT2D eigenvalue weighted by atomic mass is 10.2. The van der Waals surface area contributed by atoms with Crippen LogP contribution in [0.15, 0.2) is 22.6 Å². The van der Waals surface area contributed by atoms with Gasteiger partial charge in [-0.25, -0.2) is 8.60 Å². The van der Waals surface area contributed by atoms with E-state index in [1.807, 2.05) is 20.8 Å². The van der Waals surface area contributed by atoms with Gasteiger partial charge in [0.2, 0.25) is 0 Å². The molecule has 0 N–H and O–H groups in total. The Bertz CT molecular complexity index is 452. The van der Waals surface area contributed by atoms with Gasteiger partial charge in [0, 0.05) is 17.8 Å². The third kappa shape index (κ3) is 4.26. The molecule has 0 spiro atoms. The molecule has 0 saturated heterocycles. The summed E-state index contributed by atoms with van der Waals surface area (Å²) in [7, 11) is 0.114. The van der Waals surface area contributed by atoms with Crippen LogP contribution in [0.5, 0.6) is 5.75 Å². The van der Waals surface area contributed by atoms with Crippen molar-refractivity contribution in [2.75, 3.05) is 7.11 Å². The van der Waals surface area contributed by atoms with Crippen molar-refractivity contribution in [1.82, 2.24) is 0 Å². The SMILES string of the molecule is COc1cc(F)cc(/C=N/[S@@](=O)C(C)(C)C)c1. The fraction of sp³-hybridized carbons (Fsp3) is 0.417. The molecular formula is C12H16FNO2S. The van der Waals surface area contributed by atoms with Gasteiger partial charge in [0.05, 0.1) is 11.9 Å². The van der Waals surface area contributed by atoms with Crippen molar-refractivity contribution in [1.29, 1.82) is 0 Å². The molecule has 1 atom stereocenters. The number of hydrogen-bond acceptors (Lipinski definition) is 2. The molecule has 0 amide bonds. The second kappa shape index (κ2) is 5.40. The molecule has 1 aromatic rings. The van der Waals surface area contributed by atoms with Crippen LogP contribution in [-0.4, -0.2) is 22.3 Å². The highest BCUT2D eigenvalue weighted by Crippen LogP contribution is 2.16. The highest BCUT2D eigenvalue weighted by molar-refractivity contribution is 7.85. The number of methoxy groups -OCH3 is 1. The molecule has 17 heavy (non-hydrogen) atoms. The number of benzene rings is 1. The lowest BCUT2D eigenvalue weighted by Crippen LogP contribution is -2.19. The zero-order chi connectivity index (χ0) is 13.1. The van der Waals surface area contributed by atoms with Crippen LogP contribution in [0.25, 0.3) is 0 Å². The van der Waals surface area contributed by atoms with Gasteiger partial charge in [-0.05, 0) is 32.9 Å². The van der Waals surface area contributed by atoms with Crippen molar-refractivity contribution < 1.29 is 13.3 Å². The minimum Gasteiger partial charge on any atom is -0.497 e. The van der Waals surface area contributed by atoms with Gasteiger partial charge in [0.1, 0.15) is 22.6 Å². The van der Waals surface area contributed by atoms with Crippen LogP contribution in [-0.2, 0) is 11.0 Å². The summed E-state index contributed by atoms with van der Waals surface area (Å²) in [5.74, 6) is 0.000307. The minimum absolute atomic E-state index is 0.410. The molecule has 0 aliphatic heterocycles. The quantitative estimate of drug-likeness (QED) is 0.781. The molecule has 0 aromatic heterocycles. The van der Waals surface area contributed by atoms with Crippen molar-refractivity contribution in [2.45, 2.75) is 25.5 Å². The molecule has 1 aromatic carbocycles. The predicted octanol–water partition coefficient (Wildman–Crippen LogP) is 2.72. The molecule has 0 saturated carbocycles. The molecule has 0 radical (unpaired) electrons. The van der Waals surface area contributed by atoms with E-state index in [9.17, 15) is 8.60 Å². The fourth-order valence-corrected chi connectivity index (χ4v) is 1.58. The highest BCUT2D eigenvalue weighted by atomic mass is 32.2. The molecule has 5 heteroatoms. The number of nitrogens with zero attached hydrogens (tertiary/aromatic N) is 1. The first-order valence-electron chi connectivity index (χ1n) is 5.13. The summed E-state index contributed by atoms with van der Waals surface area (Å²) < 4.78 is 33.2. The van der Waals surface area contributed by atoms with E-state index in [0.717, 1.165) is 0 Å². The van der Waals surface area contributed by atoms with E-state index >= 15 is 0 Å². The van der Waals surface area contributed by atoms with Gasteiger partial charge in [0.15, 0.2) is 0 Å². The molecule has 0 bridgehead atoms. The van der Waals surface area contributed by atoms with Gasteiger partial charge in [-0.3, -0.25) is 0 Å². The standard InChI is InChI=1S/C12H16FNO2S/c1-12(2,3)17(15)14-8-9-5-10(13)7-11(6-9)16-4/h5-8H,1-4H3/b14-8+/t17-/m0/s1. The number of ether oxygens (including phenoxy) is 1. The maximum absolute atomic E-state index is 13.2. The van der Waals surface area contributed by atoms with Crippen LogP contribution in [0.3, 0.4) is 0 Å². The Morgan fingerprint density at radius 3 is 2.53 bits per heavy atom. The van der Waals surface area contributed by atoms with Crippen LogP contribution < -0.4 is 4.74 Å². The monoisotopic (exact) mass is 257 g/mol. The summed E-state index contributed by atoms with van der Waals surface area (Å²) in [4.78, 5) is 0. The maximum atomic E-state index is 13.2. The van der Waals surface area contributed by atoms with Crippen LogP contribution in [0.4, 0.5) is 4.39 Å². The summed E-state index contributed by atoms with van der Waals surface area (Å²) in [6.45, 7) is 5.48. The van der Waals surface area contributed by atoms with E-state index in [0.29, 0.717) is 11.3 Å². The van der Waals surface area contributed by atoms with Crippen molar-refractivity contribution in [3.63, 3.8) is 0 Å². The van der Waals surface area contributed by atoms with Gasteiger partial charge in [0.25, 0.3) is 0 Å². The average molecular weight is 257 g/mol. The van der Waals surface area contributed by atoms with Crippen LogP contribution in [0.1, 0.15) is 26.3 Å². The molecule has 0 aliphatic carbocycles. The van der Waals surface area contributed by atoms with Crippen molar-refractivity contribution in [2.24, 2.45) is 4.40 Å². The summed E-state index contributed by atoms with van der Waals surface area (Å²) >= 11 is 0. The molecule has 0 aliphatic rings. The Balaban J connectivity index is 2.92. The van der Waals surface area contributed by atoms with E-state index < -0.39 is 21.5 Å². The lowest BCUT2D eigenvalue weighted by molar-refractivity contribution is 0.411. The second-order valence-corrected chi connectivity index (χ2v) is 6.45. The van der Waals surface area contributed by atoms with Crippen molar-refractivity contribution in [3.05, 3.63) is 29.6 Å². The Kier molecular flexibility index (Phi) is 4.40. The minimum atomic E-state index is -1.35. The summed E-state index contributed by atoms with van der Waals surface area (Å²) in [6.07, 6.45) is 1.40. The van der Waals surface area contributed by atoms with E-state index in [1.54, 1.807) is 6.07 Å². The van der Waals surface area contributed by atoms with Crippen LogP contribution in [0, 0.1) is 5.82 Å². The molecule has 0 unspecified atom stereocenters. The first kappa shape index (κ1) is 13.8. The summed E-state index contributed by atoms with van der Waals surface area (Å²) in [5, 5.41) is 0. The smallest absolute Gasteiger partial charge is 0.144 e. The number of hydrogen-bond donors (Lipinski definition) is 0. The lowest BCUT2D eigenvalue weighted by Gasteiger charge is -2.12. The van der Waals surface area contributed by atoms with E-state index in [4.69, 9.17) is 4.74 Å². The molecule has 3 nitrogen and oxygen atoms in total. The number of halogens is 1. The van der Waals surface area contributed by atoms with E-state index in [2.05, 4.69) is 4.40 Å². The van der Waals surface area contributed by atoms with Crippen molar-refractivity contribution in [3.8, 4) is 5.75 Å². The Morgan fingerprint density at radius 2 is 2.00 bits per heavy atom. The molecular weight excluding hydrogens is 241 g/mol. The fourth-order valence-electron chi connectivity index (χ4n) is 1.04. The molecule has 0 fully saturated rings. The first-order valence-corrected chi connectivity index (χ1v) is 6.24. The predicted molar refractivity (Wildman–Crippen MR) is 68.4 cm³/mol. The Labute approximate surface area is 103 Å². The molecule has 94 valence electrons. The second-order valence-electron chi connectivity index (χ2n) is 4.52. The van der Waals surface area contributed by atoms with E-state index in [1.165, 1.54) is 25.5 Å². The van der Waals surface area contributed by atoms with Crippen LogP contribution >= 0.6 is 0 Å². The zero-order valence-electron chi connectivity index (χ0n) is 10.4. The largest absolute Gasteiger partial charge is 0.497 e. The van der Waals surface area contributed by atoms with Gasteiger partial charge in [-0.2, -0.15) is 4.40 Å². The van der Waals surface area contributed by atoms with E-state index in [-0.39, 0.29) is 0 Å². The molecule has 0 heterocycles. The highest BCUT2D eigenvalue weighted by Gasteiger charge is 2.18. The third-order valence-corrected chi connectivity index (χ3v) is 3.30. The van der Waals surface area contributed by atoms with Crippen molar-refractivity contribution >= 4 is 17.2 Å². The summed E-state index contributed by atoms with van der Waals surface area (Å²) in [5.41, 5.74) is 0.527. The Hall–Kier alpha value is -1.23. The average Bonchev–Trinajstić information content (AvgIpc) is 2.23. The number of rotatable bonds is 3. The third-order valence-electron chi connectivity index (χ3n) is 1.95. The summed E-state index contributed by atoms with van der Waals surface area (Å²) in [6, 6.07) is 4.22. The maximum Gasteiger partial charge on any atom is 0.144 e. The topological polar surface area (TPSA) is 38.7 Å². The molecule has 1 rings (SSSR count). The zero-order valence-corrected chi connectivity index (χ0v) is 11.2. The normalized spacial score (nSPS) is 13.9.